The molecule has 7 heteroatoms. The number of rotatable bonds is 2. The number of hydrogen-bond acceptors (Lipinski definition) is 7. The van der Waals surface area contributed by atoms with Crippen LogP contribution in [0.25, 0.3) is 32.7 Å². The van der Waals surface area contributed by atoms with Crippen molar-refractivity contribution >= 4 is 44.3 Å². The van der Waals surface area contributed by atoms with Gasteiger partial charge in [0.15, 0.2) is 5.57 Å². The van der Waals surface area contributed by atoms with E-state index in [1.165, 1.54) is 18.2 Å². The molecule has 0 spiro atoms. The molecule has 1 N–H and O–H groups in total. The molecule has 0 saturated heterocycles. The van der Waals surface area contributed by atoms with E-state index in [0.29, 0.717) is 26.8 Å². The van der Waals surface area contributed by atoms with Crippen molar-refractivity contribution in [2.75, 3.05) is 0 Å². The van der Waals surface area contributed by atoms with Gasteiger partial charge in [-0.3, -0.25) is 10.2 Å². The molecule has 0 radical (unpaired) electrons. The number of carbonyl (C=O) groups is 1. The van der Waals surface area contributed by atoms with Crippen molar-refractivity contribution in [1.29, 1.82) is 31.7 Å². The van der Waals surface area contributed by atoms with Crippen LogP contribution in [-0.4, -0.2) is 11.7 Å². The van der Waals surface area contributed by atoms with E-state index in [4.69, 9.17) is 10.7 Å². The summed E-state index contributed by atoms with van der Waals surface area (Å²) in [6.07, 6.45) is 0. The van der Waals surface area contributed by atoms with Crippen LogP contribution in [0, 0.1) is 62.1 Å². The van der Waals surface area contributed by atoms with Crippen LogP contribution in [0.15, 0.2) is 48.0 Å². The van der Waals surface area contributed by atoms with Crippen molar-refractivity contribution in [3.63, 3.8) is 0 Å². The van der Waals surface area contributed by atoms with Crippen LogP contribution in [0.1, 0.15) is 10.4 Å². The van der Waals surface area contributed by atoms with E-state index in [2.05, 4.69) is 0 Å². The Morgan fingerprint density at radius 3 is 1.61 bits per heavy atom. The lowest BCUT2D eigenvalue weighted by Gasteiger charge is -2.09. The minimum absolute atomic E-state index is 0.0389. The largest absolute Gasteiger partial charge is 0.287 e. The van der Waals surface area contributed by atoms with E-state index in [-0.39, 0.29) is 21.9 Å². The molecule has 3 aromatic rings. The van der Waals surface area contributed by atoms with E-state index >= 15 is 0 Å². The number of nitrogens with one attached hydrogen (secondary N) is 1. The van der Waals surface area contributed by atoms with E-state index in [0.717, 1.165) is 0 Å². The zero-order chi connectivity index (χ0) is 22.5. The predicted molar refractivity (Wildman–Crippen MR) is 111 cm³/mol. The molecule has 0 bridgehead atoms. The van der Waals surface area contributed by atoms with Gasteiger partial charge in [0.05, 0.1) is 0 Å². The van der Waals surface area contributed by atoms with E-state index in [9.17, 15) is 25.8 Å². The summed E-state index contributed by atoms with van der Waals surface area (Å²) in [7, 11) is 0. The summed E-state index contributed by atoms with van der Waals surface area (Å²) >= 11 is 0. The molecule has 0 amide bonds. The Morgan fingerprint density at radius 1 is 0.677 bits per heavy atom. The molecule has 3 aromatic carbocycles. The highest BCUT2D eigenvalue weighted by Crippen LogP contribution is 2.19. The first-order valence-corrected chi connectivity index (χ1v) is 8.64. The van der Waals surface area contributed by atoms with Gasteiger partial charge in [0.1, 0.15) is 41.5 Å². The average Bonchev–Trinajstić information content (AvgIpc) is 2.81. The standard InChI is InChI=1S/C24H8N6O/c25-8-15(9-26)22-18-3-1-2-4-19(18)23(16(10-27)11-28)21-7-14(5-6-20(21)22)24(31)17(12-29)13-30/h1-7,29H. The lowest BCUT2D eigenvalue weighted by molar-refractivity contribution is 0.104. The summed E-state index contributed by atoms with van der Waals surface area (Å²) < 4.78 is 0. The lowest BCUT2D eigenvalue weighted by Crippen LogP contribution is -2.19. The van der Waals surface area contributed by atoms with Crippen LogP contribution < -0.4 is 10.4 Å². The van der Waals surface area contributed by atoms with Gasteiger partial charge in [-0.1, -0.05) is 36.4 Å². The molecule has 7 nitrogen and oxygen atoms in total. The molecule has 0 aliphatic carbocycles. The van der Waals surface area contributed by atoms with Gasteiger partial charge in [0.2, 0.25) is 5.78 Å². The highest BCUT2D eigenvalue weighted by molar-refractivity contribution is 6.18. The van der Waals surface area contributed by atoms with Gasteiger partial charge in [0.25, 0.3) is 0 Å². The summed E-state index contributed by atoms with van der Waals surface area (Å²) in [6.45, 7) is 0. The second-order valence-electron chi connectivity index (χ2n) is 6.19. The Kier molecular flexibility index (Phi) is 5.38. The van der Waals surface area contributed by atoms with E-state index in [1.54, 1.807) is 36.2 Å². The lowest BCUT2D eigenvalue weighted by atomic mass is 9.91. The number of hydrogen-bond donors (Lipinski definition) is 1. The van der Waals surface area contributed by atoms with Crippen LogP contribution in [0.3, 0.4) is 0 Å². The number of allylic oxidation sites excluding steroid dienone is 1. The summed E-state index contributed by atoms with van der Waals surface area (Å²) in [4.78, 5) is 12.6. The zero-order valence-electron chi connectivity index (χ0n) is 15.7. The molecule has 3 rings (SSSR count). The minimum atomic E-state index is -0.750. The SMILES string of the molecule is N#CC(=C=N)C(=O)c1ccc2c(=C(C#N)C#N)c3ccccc3c(=C(C#N)C#N)c2c1. The van der Waals surface area contributed by atoms with Crippen LogP contribution in [0.4, 0.5) is 0 Å². The first-order chi connectivity index (χ1) is 15.1. The molecule has 0 aliphatic heterocycles. The molecule has 0 fully saturated rings. The number of nitriles is 5. The molecule has 0 unspecified atom stereocenters. The van der Waals surface area contributed by atoms with Crippen molar-refractivity contribution < 1.29 is 4.79 Å². The van der Waals surface area contributed by atoms with Crippen LogP contribution in [0.5, 0.6) is 0 Å². The van der Waals surface area contributed by atoms with Crippen LogP contribution >= 0.6 is 0 Å². The van der Waals surface area contributed by atoms with E-state index in [1.807, 2.05) is 24.3 Å². The maximum atomic E-state index is 12.6. The Hall–Kier alpha value is -5.51. The second kappa shape index (κ2) is 8.24. The van der Waals surface area contributed by atoms with Gasteiger partial charge < -0.3 is 0 Å². The van der Waals surface area contributed by atoms with Crippen molar-refractivity contribution in [2.45, 2.75) is 0 Å². The maximum absolute atomic E-state index is 12.6. The third-order valence-corrected chi connectivity index (χ3v) is 4.70. The normalized spacial score (nSPS) is 9.26. The molecule has 0 aromatic heterocycles. The summed E-state index contributed by atoms with van der Waals surface area (Å²) in [5.41, 5.74) is -0.847. The van der Waals surface area contributed by atoms with E-state index < -0.39 is 11.4 Å². The highest BCUT2D eigenvalue weighted by Gasteiger charge is 2.17. The quantitative estimate of drug-likeness (QED) is 0.230. The minimum Gasteiger partial charge on any atom is -0.287 e. The van der Waals surface area contributed by atoms with Gasteiger partial charge in [-0.2, -0.15) is 26.3 Å². The van der Waals surface area contributed by atoms with Crippen LogP contribution in [-0.2, 0) is 0 Å². The molecule has 0 atom stereocenters. The van der Waals surface area contributed by atoms with Gasteiger partial charge in [-0.25, -0.2) is 0 Å². The Labute approximate surface area is 175 Å². The average molecular weight is 396 g/mol. The Bertz CT molecular complexity index is 1670. The molecular weight excluding hydrogens is 388 g/mol. The molecule has 140 valence electrons. The topological polar surface area (TPSA) is 160 Å². The Balaban J connectivity index is 2.79. The van der Waals surface area contributed by atoms with Crippen molar-refractivity contribution in [3.05, 3.63) is 64.0 Å². The third kappa shape index (κ3) is 3.17. The molecule has 31 heavy (non-hydrogen) atoms. The zero-order valence-corrected chi connectivity index (χ0v) is 15.7. The van der Waals surface area contributed by atoms with Crippen molar-refractivity contribution in [1.82, 2.24) is 0 Å². The van der Waals surface area contributed by atoms with Gasteiger partial charge >= 0.3 is 0 Å². The number of fused-ring (bicyclic) bond motifs is 2. The summed E-state index contributed by atoms with van der Waals surface area (Å²) in [6, 6.07) is 20.1. The first kappa shape index (κ1) is 20.2. The number of nitrogens with zero attached hydrogens (tertiary/aromatic N) is 5. The summed E-state index contributed by atoms with van der Waals surface area (Å²) in [5.74, 6) is 1.04. The molecular formula is C24H8N6O. The summed E-state index contributed by atoms with van der Waals surface area (Å²) in [5, 5.41) is 56.5. The number of ketones is 1. The molecule has 0 saturated carbocycles. The van der Waals surface area contributed by atoms with Gasteiger partial charge in [0, 0.05) is 21.9 Å². The second-order valence-corrected chi connectivity index (χ2v) is 6.19. The third-order valence-electron chi connectivity index (χ3n) is 4.70. The molecule has 0 heterocycles. The smallest absolute Gasteiger partial charge is 0.212 e. The Morgan fingerprint density at radius 2 is 1.16 bits per heavy atom. The predicted octanol–water partition coefficient (Wildman–Crippen LogP) is 2.27. The molecule has 0 aliphatic rings. The fourth-order valence-electron chi connectivity index (χ4n) is 3.41. The fraction of sp³-hybridized carbons (Fsp3) is 0. The number of carbonyl (C=O) groups excluding carboxylic acids is 1. The monoisotopic (exact) mass is 396 g/mol. The fourth-order valence-corrected chi connectivity index (χ4v) is 3.41. The number of benzene rings is 3. The highest BCUT2D eigenvalue weighted by atomic mass is 16.1. The van der Waals surface area contributed by atoms with Crippen molar-refractivity contribution in [3.8, 4) is 30.3 Å². The maximum Gasteiger partial charge on any atom is 0.212 e. The van der Waals surface area contributed by atoms with Gasteiger partial charge in [-0.15, -0.1) is 0 Å². The first-order valence-electron chi connectivity index (χ1n) is 8.64. The van der Waals surface area contributed by atoms with Crippen LogP contribution in [0.2, 0.25) is 0 Å². The van der Waals surface area contributed by atoms with Gasteiger partial charge in [-0.05, 0) is 27.6 Å². The van der Waals surface area contributed by atoms with Crippen molar-refractivity contribution in [2.24, 2.45) is 0 Å². The number of Topliss-reactive ketones (excluding diaryl/α,β-unsaturated/α-hetero) is 1.